The summed E-state index contributed by atoms with van der Waals surface area (Å²) in [6.07, 6.45) is 8.29. The average Bonchev–Trinajstić information content (AvgIpc) is 3.04. The summed E-state index contributed by atoms with van der Waals surface area (Å²) in [6, 6.07) is 0.318. The molecule has 0 saturated heterocycles. The van der Waals surface area contributed by atoms with Crippen molar-refractivity contribution in [2.24, 2.45) is 17.3 Å². The van der Waals surface area contributed by atoms with Gasteiger partial charge in [0.1, 0.15) is 0 Å². The van der Waals surface area contributed by atoms with Crippen molar-refractivity contribution in [2.45, 2.75) is 63.8 Å². The molecule has 2 bridgehead atoms. The maximum atomic E-state index is 12.2. The standard InChI is InChI=1S/C15H23NO3/c17-13(9-15(14(18)19)5-1-2-6-15)16-12-8-10-3-4-11(12)7-10/h10-12H,1-9H2,(H,16,17)(H,18,19). The highest BCUT2D eigenvalue weighted by molar-refractivity contribution is 5.85. The fourth-order valence-electron chi connectivity index (χ4n) is 4.50. The minimum atomic E-state index is -0.784. The highest BCUT2D eigenvalue weighted by Crippen LogP contribution is 2.45. The van der Waals surface area contributed by atoms with Gasteiger partial charge in [0.15, 0.2) is 0 Å². The first kappa shape index (κ1) is 12.9. The summed E-state index contributed by atoms with van der Waals surface area (Å²) in [7, 11) is 0. The van der Waals surface area contributed by atoms with Gasteiger partial charge in [-0.25, -0.2) is 0 Å². The van der Waals surface area contributed by atoms with E-state index in [9.17, 15) is 14.7 Å². The van der Waals surface area contributed by atoms with Crippen molar-refractivity contribution in [3.63, 3.8) is 0 Å². The molecule has 2 N–H and O–H groups in total. The quantitative estimate of drug-likeness (QED) is 0.819. The molecular weight excluding hydrogens is 242 g/mol. The first-order chi connectivity index (χ1) is 9.09. The first-order valence-electron chi connectivity index (χ1n) is 7.62. The molecule has 0 radical (unpaired) electrons. The molecule has 0 aromatic rings. The Kier molecular flexibility index (Phi) is 3.27. The second kappa shape index (κ2) is 4.80. The third-order valence-corrected chi connectivity index (χ3v) is 5.60. The van der Waals surface area contributed by atoms with Crippen molar-refractivity contribution in [3.05, 3.63) is 0 Å². The van der Waals surface area contributed by atoms with Crippen LogP contribution in [-0.2, 0) is 9.59 Å². The van der Waals surface area contributed by atoms with Crippen LogP contribution in [0.5, 0.6) is 0 Å². The van der Waals surface area contributed by atoms with Gasteiger partial charge in [0.2, 0.25) is 5.91 Å². The molecule has 3 unspecified atom stereocenters. The monoisotopic (exact) mass is 265 g/mol. The lowest BCUT2D eigenvalue weighted by Crippen LogP contribution is -2.42. The molecule has 1 amide bonds. The van der Waals surface area contributed by atoms with Crippen molar-refractivity contribution in [1.29, 1.82) is 0 Å². The van der Waals surface area contributed by atoms with Crippen LogP contribution in [0.25, 0.3) is 0 Å². The maximum absolute atomic E-state index is 12.2. The Bertz CT molecular complexity index is 387. The van der Waals surface area contributed by atoms with Crippen LogP contribution in [0.15, 0.2) is 0 Å². The third kappa shape index (κ3) is 2.37. The smallest absolute Gasteiger partial charge is 0.310 e. The average molecular weight is 265 g/mol. The van der Waals surface area contributed by atoms with Crippen molar-refractivity contribution in [3.8, 4) is 0 Å². The summed E-state index contributed by atoms with van der Waals surface area (Å²) >= 11 is 0. The lowest BCUT2D eigenvalue weighted by atomic mass is 9.82. The third-order valence-electron chi connectivity index (χ3n) is 5.60. The van der Waals surface area contributed by atoms with Gasteiger partial charge in [-0.2, -0.15) is 0 Å². The van der Waals surface area contributed by atoms with Crippen molar-refractivity contribution >= 4 is 11.9 Å². The van der Waals surface area contributed by atoms with Crippen LogP contribution < -0.4 is 5.32 Å². The van der Waals surface area contributed by atoms with E-state index in [-0.39, 0.29) is 12.3 Å². The number of fused-ring (bicyclic) bond motifs is 2. The van der Waals surface area contributed by atoms with Crippen LogP contribution in [0, 0.1) is 17.3 Å². The van der Waals surface area contributed by atoms with E-state index in [0.717, 1.165) is 25.2 Å². The lowest BCUT2D eigenvalue weighted by molar-refractivity contribution is -0.151. The van der Waals surface area contributed by atoms with Crippen LogP contribution in [0.1, 0.15) is 57.8 Å². The molecule has 0 heterocycles. The number of aliphatic carboxylic acids is 1. The molecule has 3 aliphatic rings. The summed E-state index contributed by atoms with van der Waals surface area (Å²) in [5, 5.41) is 12.5. The minimum absolute atomic E-state index is 0.0400. The van der Waals surface area contributed by atoms with Gasteiger partial charge in [-0.1, -0.05) is 19.3 Å². The van der Waals surface area contributed by atoms with E-state index < -0.39 is 11.4 Å². The lowest BCUT2D eigenvalue weighted by Gasteiger charge is -2.27. The number of nitrogens with one attached hydrogen (secondary N) is 1. The van der Waals surface area contributed by atoms with Gasteiger partial charge in [0.05, 0.1) is 5.41 Å². The van der Waals surface area contributed by atoms with E-state index in [4.69, 9.17) is 0 Å². The molecule has 0 aromatic carbocycles. The van der Waals surface area contributed by atoms with Crippen LogP contribution >= 0.6 is 0 Å². The number of carbonyl (C=O) groups is 2. The first-order valence-corrected chi connectivity index (χ1v) is 7.62. The van der Waals surface area contributed by atoms with Crippen molar-refractivity contribution < 1.29 is 14.7 Å². The van der Waals surface area contributed by atoms with Crippen molar-refractivity contribution in [2.75, 3.05) is 0 Å². The Morgan fingerprint density at radius 1 is 1.16 bits per heavy atom. The molecule has 3 aliphatic carbocycles. The molecule has 4 nitrogen and oxygen atoms in total. The SMILES string of the molecule is O=C(CC1(C(=O)O)CCCC1)NC1CC2CCC1C2. The molecular formula is C15H23NO3. The predicted molar refractivity (Wildman–Crippen MR) is 70.5 cm³/mol. The molecule has 3 fully saturated rings. The summed E-state index contributed by atoms with van der Waals surface area (Å²) in [5.74, 6) is 0.628. The van der Waals surface area contributed by atoms with Crippen molar-refractivity contribution in [1.82, 2.24) is 5.32 Å². The summed E-state index contributed by atoms with van der Waals surface area (Å²) < 4.78 is 0. The normalized spacial score (nSPS) is 35.5. The Morgan fingerprint density at radius 2 is 1.89 bits per heavy atom. The number of hydrogen-bond acceptors (Lipinski definition) is 2. The molecule has 19 heavy (non-hydrogen) atoms. The zero-order valence-electron chi connectivity index (χ0n) is 11.4. The van der Waals surface area contributed by atoms with Crippen LogP contribution in [-0.4, -0.2) is 23.0 Å². The van der Waals surface area contributed by atoms with E-state index in [1.54, 1.807) is 0 Å². The molecule has 0 aromatic heterocycles. The highest BCUT2D eigenvalue weighted by atomic mass is 16.4. The maximum Gasteiger partial charge on any atom is 0.310 e. The Hall–Kier alpha value is -1.06. The number of amides is 1. The van der Waals surface area contributed by atoms with Crippen LogP contribution in [0.3, 0.4) is 0 Å². The fraction of sp³-hybridized carbons (Fsp3) is 0.867. The van der Waals surface area contributed by atoms with Gasteiger partial charge in [-0.05, 0) is 43.9 Å². The Labute approximate surface area is 113 Å². The van der Waals surface area contributed by atoms with Gasteiger partial charge in [0, 0.05) is 12.5 Å². The molecule has 0 aliphatic heterocycles. The van der Waals surface area contributed by atoms with Crippen LogP contribution in [0.2, 0.25) is 0 Å². The summed E-state index contributed by atoms with van der Waals surface area (Å²) in [5.41, 5.74) is -0.776. The number of rotatable bonds is 4. The number of carboxylic acids is 1. The fourth-order valence-corrected chi connectivity index (χ4v) is 4.50. The van der Waals surface area contributed by atoms with E-state index in [1.165, 1.54) is 19.3 Å². The van der Waals surface area contributed by atoms with Gasteiger partial charge < -0.3 is 10.4 Å². The van der Waals surface area contributed by atoms with E-state index in [2.05, 4.69) is 5.32 Å². The number of carboxylic acid groups (broad SMARTS) is 1. The zero-order chi connectivity index (χ0) is 13.5. The predicted octanol–water partition coefficient (Wildman–Crippen LogP) is 2.33. The minimum Gasteiger partial charge on any atom is -0.481 e. The summed E-state index contributed by atoms with van der Waals surface area (Å²) in [6.45, 7) is 0. The number of hydrogen-bond donors (Lipinski definition) is 2. The zero-order valence-corrected chi connectivity index (χ0v) is 11.4. The molecule has 3 atom stereocenters. The van der Waals surface area contributed by atoms with Crippen LogP contribution in [0.4, 0.5) is 0 Å². The molecule has 0 spiro atoms. The molecule has 3 rings (SSSR count). The van der Waals surface area contributed by atoms with E-state index in [0.29, 0.717) is 24.8 Å². The highest BCUT2D eigenvalue weighted by Gasteiger charge is 2.45. The second-order valence-electron chi connectivity index (χ2n) is 6.82. The van der Waals surface area contributed by atoms with E-state index >= 15 is 0 Å². The molecule has 3 saturated carbocycles. The van der Waals surface area contributed by atoms with Gasteiger partial charge in [-0.3, -0.25) is 9.59 Å². The summed E-state index contributed by atoms with van der Waals surface area (Å²) in [4.78, 5) is 23.6. The molecule has 4 heteroatoms. The Morgan fingerprint density at radius 3 is 2.42 bits per heavy atom. The van der Waals surface area contributed by atoms with Gasteiger partial charge in [-0.15, -0.1) is 0 Å². The molecule has 106 valence electrons. The topological polar surface area (TPSA) is 66.4 Å². The Balaban J connectivity index is 1.57. The van der Waals surface area contributed by atoms with E-state index in [1.807, 2.05) is 0 Å². The second-order valence-corrected chi connectivity index (χ2v) is 6.82. The number of carbonyl (C=O) groups excluding carboxylic acids is 1. The van der Waals surface area contributed by atoms with Gasteiger partial charge in [0.25, 0.3) is 0 Å². The largest absolute Gasteiger partial charge is 0.481 e. The van der Waals surface area contributed by atoms with Gasteiger partial charge >= 0.3 is 5.97 Å².